The molecule has 5 nitrogen and oxygen atoms in total. The molecule has 0 saturated carbocycles. The number of carbonyl (C=O) groups is 1. The maximum absolute atomic E-state index is 12.0. The molecule has 5 heteroatoms. The van der Waals surface area contributed by atoms with E-state index < -0.39 is 0 Å². The second-order valence-corrected chi connectivity index (χ2v) is 5.37. The van der Waals surface area contributed by atoms with Gasteiger partial charge in [0.25, 0.3) is 0 Å². The van der Waals surface area contributed by atoms with Gasteiger partial charge in [-0.05, 0) is 48.4 Å². The van der Waals surface area contributed by atoms with Crippen molar-refractivity contribution < 1.29 is 18.4 Å². The molecule has 24 heavy (non-hydrogen) atoms. The van der Waals surface area contributed by atoms with Crippen LogP contribution in [0.2, 0.25) is 0 Å². The fourth-order valence-corrected chi connectivity index (χ4v) is 2.35. The van der Waals surface area contributed by atoms with E-state index in [-0.39, 0.29) is 5.91 Å². The summed E-state index contributed by atoms with van der Waals surface area (Å²) in [7, 11) is 1.63. The fourth-order valence-electron chi connectivity index (χ4n) is 2.35. The molecular formula is C19H19NO4. The zero-order valence-electron chi connectivity index (χ0n) is 13.5. The van der Waals surface area contributed by atoms with Crippen LogP contribution in [-0.2, 0) is 17.8 Å². The number of methoxy groups -OCH3 is 1. The van der Waals surface area contributed by atoms with E-state index >= 15 is 0 Å². The summed E-state index contributed by atoms with van der Waals surface area (Å²) >= 11 is 0. The van der Waals surface area contributed by atoms with Crippen LogP contribution >= 0.6 is 0 Å². The number of carbonyl (C=O) groups excluding carboxylic acids is 1. The van der Waals surface area contributed by atoms with Gasteiger partial charge in [0, 0.05) is 6.42 Å². The second kappa shape index (κ2) is 7.55. The number of hydrogen-bond acceptors (Lipinski definition) is 4. The lowest BCUT2D eigenvalue weighted by atomic mass is 10.1. The lowest BCUT2D eigenvalue weighted by Gasteiger charge is -2.05. The van der Waals surface area contributed by atoms with E-state index in [1.54, 1.807) is 19.4 Å². The predicted octanol–water partition coefficient (Wildman–Crippen LogP) is 3.80. The maximum atomic E-state index is 12.0. The van der Waals surface area contributed by atoms with Gasteiger partial charge in [0.1, 0.15) is 11.5 Å². The van der Waals surface area contributed by atoms with Crippen LogP contribution in [0.15, 0.2) is 63.6 Å². The minimum atomic E-state index is -0.0123. The van der Waals surface area contributed by atoms with Crippen molar-refractivity contribution in [3.63, 3.8) is 0 Å². The average molecular weight is 325 g/mol. The molecule has 0 unspecified atom stereocenters. The molecule has 0 bridgehead atoms. The van der Waals surface area contributed by atoms with Crippen molar-refractivity contribution in [3.05, 3.63) is 66.1 Å². The Labute approximate surface area is 140 Å². The van der Waals surface area contributed by atoms with Crippen molar-refractivity contribution in [1.82, 2.24) is 5.32 Å². The van der Waals surface area contributed by atoms with Gasteiger partial charge in [0.15, 0.2) is 11.5 Å². The van der Waals surface area contributed by atoms with Gasteiger partial charge in [-0.1, -0.05) is 12.1 Å². The van der Waals surface area contributed by atoms with Crippen molar-refractivity contribution >= 4 is 5.91 Å². The molecule has 1 amide bonds. The normalized spacial score (nSPS) is 10.5. The third kappa shape index (κ3) is 4.07. The van der Waals surface area contributed by atoms with E-state index in [0.29, 0.717) is 36.7 Å². The third-order valence-corrected chi connectivity index (χ3v) is 3.69. The molecule has 2 aromatic heterocycles. The van der Waals surface area contributed by atoms with E-state index in [9.17, 15) is 4.79 Å². The zero-order chi connectivity index (χ0) is 16.8. The first-order chi connectivity index (χ1) is 11.7. The van der Waals surface area contributed by atoms with Crippen LogP contribution in [0.3, 0.4) is 0 Å². The van der Waals surface area contributed by atoms with Crippen LogP contribution in [-0.4, -0.2) is 13.0 Å². The van der Waals surface area contributed by atoms with E-state index in [0.717, 1.165) is 11.3 Å². The van der Waals surface area contributed by atoms with Crippen LogP contribution in [0.1, 0.15) is 17.7 Å². The Morgan fingerprint density at radius 2 is 1.92 bits per heavy atom. The Morgan fingerprint density at radius 3 is 2.62 bits per heavy atom. The summed E-state index contributed by atoms with van der Waals surface area (Å²) in [5.41, 5.74) is 1.10. The number of nitrogens with one attached hydrogen (secondary N) is 1. The summed E-state index contributed by atoms with van der Waals surface area (Å²) in [5.74, 6) is 2.82. The molecule has 0 fully saturated rings. The Hall–Kier alpha value is -2.95. The van der Waals surface area contributed by atoms with Crippen molar-refractivity contribution in [2.45, 2.75) is 19.4 Å². The van der Waals surface area contributed by atoms with E-state index in [2.05, 4.69) is 5.32 Å². The monoisotopic (exact) mass is 325 g/mol. The molecule has 0 aliphatic rings. The number of benzene rings is 1. The zero-order valence-corrected chi connectivity index (χ0v) is 13.5. The molecular weight excluding hydrogens is 306 g/mol. The highest BCUT2D eigenvalue weighted by Gasteiger charge is 2.08. The van der Waals surface area contributed by atoms with Crippen LogP contribution in [0.4, 0.5) is 0 Å². The van der Waals surface area contributed by atoms with Gasteiger partial charge in [-0.25, -0.2) is 0 Å². The molecule has 0 radical (unpaired) electrons. The van der Waals surface area contributed by atoms with Gasteiger partial charge in [-0.3, -0.25) is 4.79 Å². The first-order valence-electron chi connectivity index (χ1n) is 7.77. The van der Waals surface area contributed by atoms with Gasteiger partial charge in [0.05, 0.1) is 19.9 Å². The molecule has 1 aromatic carbocycles. The van der Waals surface area contributed by atoms with Gasteiger partial charge in [0.2, 0.25) is 5.91 Å². The summed E-state index contributed by atoms with van der Waals surface area (Å²) in [6, 6.07) is 15.0. The lowest BCUT2D eigenvalue weighted by molar-refractivity contribution is -0.121. The predicted molar refractivity (Wildman–Crippen MR) is 89.6 cm³/mol. The largest absolute Gasteiger partial charge is 0.497 e. The van der Waals surface area contributed by atoms with Gasteiger partial charge >= 0.3 is 0 Å². The van der Waals surface area contributed by atoms with Crippen molar-refractivity contribution in [1.29, 1.82) is 0 Å². The quantitative estimate of drug-likeness (QED) is 0.717. The Bertz CT molecular complexity index is 772. The standard InChI is InChI=1S/C19H19NO4/c1-22-15-7-4-14(5-8-15)6-11-19(21)20-13-16-9-10-18(24-16)17-3-2-12-23-17/h2-5,7-10,12H,6,11,13H2,1H3,(H,20,21). The number of hydrogen-bond donors (Lipinski definition) is 1. The van der Waals surface area contributed by atoms with Gasteiger partial charge in [-0.2, -0.15) is 0 Å². The number of amides is 1. The van der Waals surface area contributed by atoms with Crippen molar-refractivity contribution in [3.8, 4) is 17.3 Å². The Balaban J connectivity index is 1.45. The molecule has 3 aromatic rings. The summed E-state index contributed by atoms with van der Waals surface area (Å²) < 4.78 is 16.0. The van der Waals surface area contributed by atoms with Crippen molar-refractivity contribution in [2.75, 3.05) is 7.11 Å². The highest BCUT2D eigenvalue weighted by Crippen LogP contribution is 2.22. The minimum Gasteiger partial charge on any atom is -0.497 e. The molecule has 3 rings (SSSR count). The summed E-state index contributed by atoms with van der Waals surface area (Å²) in [4.78, 5) is 12.0. The number of ether oxygens (including phenoxy) is 1. The lowest BCUT2D eigenvalue weighted by Crippen LogP contribution is -2.22. The first kappa shape index (κ1) is 15.9. The number of furan rings is 2. The highest BCUT2D eigenvalue weighted by molar-refractivity contribution is 5.76. The average Bonchev–Trinajstić information content (AvgIpc) is 3.29. The summed E-state index contributed by atoms with van der Waals surface area (Å²) in [5, 5.41) is 2.86. The van der Waals surface area contributed by atoms with E-state index in [1.807, 2.05) is 42.5 Å². The molecule has 0 spiro atoms. The third-order valence-electron chi connectivity index (χ3n) is 3.69. The van der Waals surface area contributed by atoms with Crippen LogP contribution in [0.25, 0.3) is 11.5 Å². The minimum absolute atomic E-state index is 0.0123. The Morgan fingerprint density at radius 1 is 1.08 bits per heavy atom. The Kier molecular flexibility index (Phi) is 5.01. The molecule has 0 saturated heterocycles. The molecule has 0 atom stereocenters. The maximum Gasteiger partial charge on any atom is 0.220 e. The van der Waals surface area contributed by atoms with Crippen LogP contribution in [0, 0.1) is 0 Å². The van der Waals surface area contributed by atoms with Crippen LogP contribution in [0.5, 0.6) is 5.75 Å². The molecule has 2 heterocycles. The second-order valence-electron chi connectivity index (χ2n) is 5.37. The smallest absolute Gasteiger partial charge is 0.220 e. The van der Waals surface area contributed by atoms with Crippen LogP contribution < -0.4 is 10.1 Å². The molecule has 124 valence electrons. The van der Waals surface area contributed by atoms with Crippen molar-refractivity contribution in [2.24, 2.45) is 0 Å². The number of rotatable bonds is 7. The fraction of sp³-hybridized carbons (Fsp3) is 0.211. The molecule has 0 aliphatic heterocycles. The topological polar surface area (TPSA) is 64.6 Å². The highest BCUT2D eigenvalue weighted by atomic mass is 16.5. The van der Waals surface area contributed by atoms with Gasteiger partial charge in [-0.15, -0.1) is 0 Å². The van der Waals surface area contributed by atoms with E-state index in [1.165, 1.54) is 0 Å². The van der Waals surface area contributed by atoms with E-state index in [4.69, 9.17) is 13.6 Å². The molecule has 0 aliphatic carbocycles. The molecule has 1 N–H and O–H groups in total. The first-order valence-corrected chi connectivity index (χ1v) is 7.77. The van der Waals surface area contributed by atoms with Gasteiger partial charge < -0.3 is 18.9 Å². The number of aryl methyl sites for hydroxylation is 1. The summed E-state index contributed by atoms with van der Waals surface area (Å²) in [6.45, 7) is 0.363. The SMILES string of the molecule is COc1ccc(CCC(=O)NCc2ccc(-c3ccco3)o2)cc1. The summed E-state index contributed by atoms with van der Waals surface area (Å²) in [6.07, 6.45) is 2.71.